The first kappa shape index (κ1) is 12.8. The van der Waals surface area contributed by atoms with Crippen LogP contribution in [-0.2, 0) is 10.0 Å². The van der Waals surface area contributed by atoms with Crippen molar-refractivity contribution in [2.45, 2.75) is 24.8 Å². The van der Waals surface area contributed by atoms with E-state index in [2.05, 4.69) is 0 Å². The summed E-state index contributed by atoms with van der Waals surface area (Å²) in [5, 5.41) is 5.15. The van der Waals surface area contributed by atoms with E-state index in [-0.39, 0.29) is 10.9 Å². The molecular weight excluding hydrogens is 226 g/mol. The number of nitrogens with two attached hydrogens (primary N) is 2. The van der Waals surface area contributed by atoms with Crippen molar-refractivity contribution in [2.24, 2.45) is 5.14 Å². The predicted octanol–water partition coefficient (Wildman–Crippen LogP) is 0.761. The van der Waals surface area contributed by atoms with Crippen LogP contribution in [0.3, 0.4) is 0 Å². The molecule has 0 fully saturated rings. The normalized spacial score (nSPS) is 11.8. The van der Waals surface area contributed by atoms with Crippen LogP contribution in [0.15, 0.2) is 23.1 Å². The Hall–Kier alpha value is -1.27. The van der Waals surface area contributed by atoms with Gasteiger partial charge in [0.1, 0.15) is 4.90 Å². The highest BCUT2D eigenvalue weighted by molar-refractivity contribution is 7.89. The Bertz CT molecular complexity index is 483. The number of benzene rings is 1. The van der Waals surface area contributed by atoms with Crippen LogP contribution in [0.2, 0.25) is 0 Å². The van der Waals surface area contributed by atoms with Gasteiger partial charge < -0.3 is 10.6 Å². The minimum Gasteiger partial charge on any atom is -0.399 e. The maximum Gasteiger partial charge on any atom is 0.240 e. The van der Waals surface area contributed by atoms with Crippen LogP contribution in [0, 0.1) is 0 Å². The van der Waals surface area contributed by atoms with E-state index in [1.54, 1.807) is 12.1 Å². The molecule has 0 aliphatic heterocycles. The molecule has 4 N–H and O–H groups in total. The number of nitrogen functional groups attached to an aromatic ring is 1. The van der Waals surface area contributed by atoms with Gasteiger partial charge in [0, 0.05) is 18.8 Å². The Morgan fingerprint density at radius 3 is 2.31 bits per heavy atom. The second-order valence-electron chi connectivity index (χ2n) is 3.98. The second kappa shape index (κ2) is 4.31. The van der Waals surface area contributed by atoms with E-state index in [1.165, 1.54) is 6.07 Å². The summed E-state index contributed by atoms with van der Waals surface area (Å²) in [5.74, 6) is 0. The van der Waals surface area contributed by atoms with Crippen LogP contribution in [-0.4, -0.2) is 21.5 Å². The molecule has 6 heteroatoms. The number of rotatable bonds is 3. The molecule has 0 amide bonds. The van der Waals surface area contributed by atoms with Crippen LogP contribution >= 0.6 is 0 Å². The summed E-state index contributed by atoms with van der Waals surface area (Å²) < 4.78 is 22.9. The van der Waals surface area contributed by atoms with E-state index < -0.39 is 10.0 Å². The number of hydrogen-bond donors (Lipinski definition) is 2. The lowest BCUT2D eigenvalue weighted by molar-refractivity contribution is 0.597. The van der Waals surface area contributed by atoms with E-state index in [9.17, 15) is 8.42 Å². The summed E-state index contributed by atoms with van der Waals surface area (Å²) in [6.45, 7) is 3.92. The van der Waals surface area contributed by atoms with Gasteiger partial charge in [-0.05, 0) is 32.0 Å². The molecule has 0 aliphatic carbocycles. The van der Waals surface area contributed by atoms with Gasteiger partial charge in [0.05, 0.1) is 5.69 Å². The molecule has 0 heterocycles. The monoisotopic (exact) mass is 243 g/mol. The van der Waals surface area contributed by atoms with Crippen molar-refractivity contribution in [1.29, 1.82) is 0 Å². The fraction of sp³-hybridized carbons (Fsp3) is 0.400. The third-order valence-corrected chi connectivity index (χ3v) is 3.39. The molecule has 0 bridgehead atoms. The average Bonchev–Trinajstić information content (AvgIpc) is 2.15. The first-order valence-electron chi connectivity index (χ1n) is 4.88. The number of anilines is 2. The first-order valence-corrected chi connectivity index (χ1v) is 6.43. The standard InChI is InChI=1S/C10H17N3O2S/c1-7(2)13(3)9-5-4-8(11)6-10(9)16(12,14)15/h4-7H,11H2,1-3H3,(H2,12,14,15). The Morgan fingerprint density at radius 2 is 1.88 bits per heavy atom. The smallest absolute Gasteiger partial charge is 0.240 e. The summed E-state index contributed by atoms with van der Waals surface area (Å²) in [4.78, 5) is 1.89. The van der Waals surface area contributed by atoms with Crippen LogP contribution in [0.1, 0.15) is 13.8 Å². The van der Waals surface area contributed by atoms with Crippen molar-refractivity contribution < 1.29 is 8.42 Å². The minimum atomic E-state index is -3.76. The van der Waals surface area contributed by atoms with Crippen LogP contribution < -0.4 is 15.8 Å². The number of hydrogen-bond acceptors (Lipinski definition) is 4. The Morgan fingerprint density at radius 1 is 1.31 bits per heavy atom. The van der Waals surface area contributed by atoms with Crippen molar-refractivity contribution in [3.05, 3.63) is 18.2 Å². The van der Waals surface area contributed by atoms with E-state index in [0.717, 1.165) is 0 Å². The molecule has 0 atom stereocenters. The van der Waals surface area contributed by atoms with Gasteiger partial charge in [-0.25, -0.2) is 13.6 Å². The molecule has 90 valence electrons. The number of nitrogens with zero attached hydrogens (tertiary/aromatic N) is 1. The topological polar surface area (TPSA) is 89.4 Å². The largest absolute Gasteiger partial charge is 0.399 e. The van der Waals surface area contributed by atoms with Crippen molar-refractivity contribution in [2.75, 3.05) is 17.7 Å². The second-order valence-corrected chi connectivity index (χ2v) is 5.51. The van der Waals surface area contributed by atoms with E-state index in [0.29, 0.717) is 11.4 Å². The molecule has 0 unspecified atom stereocenters. The number of sulfonamides is 1. The van der Waals surface area contributed by atoms with Crippen LogP contribution in [0.25, 0.3) is 0 Å². The molecule has 1 rings (SSSR count). The van der Waals surface area contributed by atoms with Crippen molar-refractivity contribution >= 4 is 21.4 Å². The lowest BCUT2D eigenvalue weighted by atomic mass is 10.2. The molecule has 0 saturated carbocycles. The average molecular weight is 243 g/mol. The van der Waals surface area contributed by atoms with Gasteiger partial charge in [-0.2, -0.15) is 0 Å². The molecule has 0 spiro atoms. The molecular formula is C10H17N3O2S. The predicted molar refractivity (Wildman–Crippen MR) is 65.8 cm³/mol. The van der Waals surface area contributed by atoms with Crippen molar-refractivity contribution in [3.8, 4) is 0 Å². The zero-order chi connectivity index (χ0) is 12.5. The molecule has 16 heavy (non-hydrogen) atoms. The first-order chi connectivity index (χ1) is 7.23. The van der Waals surface area contributed by atoms with Gasteiger partial charge in [0.15, 0.2) is 0 Å². The fourth-order valence-electron chi connectivity index (χ4n) is 1.33. The highest BCUT2D eigenvalue weighted by atomic mass is 32.2. The van der Waals surface area contributed by atoms with Gasteiger partial charge in [-0.15, -0.1) is 0 Å². The quantitative estimate of drug-likeness (QED) is 0.767. The lowest BCUT2D eigenvalue weighted by Gasteiger charge is -2.25. The Labute approximate surface area is 96.1 Å². The van der Waals surface area contributed by atoms with Gasteiger partial charge in [-0.1, -0.05) is 0 Å². The number of primary sulfonamides is 1. The van der Waals surface area contributed by atoms with Crippen LogP contribution in [0.4, 0.5) is 11.4 Å². The molecule has 0 saturated heterocycles. The van der Waals surface area contributed by atoms with Crippen molar-refractivity contribution in [3.63, 3.8) is 0 Å². The highest BCUT2D eigenvalue weighted by Crippen LogP contribution is 2.26. The highest BCUT2D eigenvalue weighted by Gasteiger charge is 2.18. The molecule has 0 aromatic heterocycles. The van der Waals surface area contributed by atoms with Crippen molar-refractivity contribution in [1.82, 2.24) is 0 Å². The van der Waals surface area contributed by atoms with Gasteiger partial charge in [0.25, 0.3) is 0 Å². The van der Waals surface area contributed by atoms with Gasteiger partial charge in [0.2, 0.25) is 10.0 Å². The zero-order valence-electron chi connectivity index (χ0n) is 9.64. The van der Waals surface area contributed by atoms with Gasteiger partial charge >= 0.3 is 0 Å². The third-order valence-electron chi connectivity index (χ3n) is 2.44. The SMILES string of the molecule is CC(C)N(C)c1ccc(N)cc1S(N)(=O)=O. The summed E-state index contributed by atoms with van der Waals surface area (Å²) in [7, 11) is -1.95. The van der Waals surface area contributed by atoms with Gasteiger partial charge in [-0.3, -0.25) is 0 Å². The lowest BCUT2D eigenvalue weighted by Crippen LogP contribution is -2.28. The van der Waals surface area contributed by atoms with E-state index >= 15 is 0 Å². The molecule has 0 radical (unpaired) electrons. The van der Waals surface area contributed by atoms with E-state index in [4.69, 9.17) is 10.9 Å². The maximum atomic E-state index is 11.4. The third kappa shape index (κ3) is 2.65. The molecule has 0 aliphatic rings. The maximum absolute atomic E-state index is 11.4. The Kier molecular flexibility index (Phi) is 3.44. The molecule has 5 nitrogen and oxygen atoms in total. The summed E-state index contributed by atoms with van der Waals surface area (Å²) in [6.07, 6.45) is 0. The summed E-state index contributed by atoms with van der Waals surface area (Å²) in [5.41, 5.74) is 6.50. The fourth-order valence-corrected chi connectivity index (χ4v) is 2.13. The Balaban J connectivity index is 3.40. The summed E-state index contributed by atoms with van der Waals surface area (Å²) in [6, 6.07) is 4.87. The minimum absolute atomic E-state index is 0.0590. The van der Waals surface area contributed by atoms with Crippen LogP contribution in [0.5, 0.6) is 0 Å². The summed E-state index contributed by atoms with van der Waals surface area (Å²) >= 11 is 0. The zero-order valence-corrected chi connectivity index (χ0v) is 10.5. The van der Waals surface area contributed by atoms with E-state index in [1.807, 2.05) is 25.8 Å². The molecule has 1 aromatic carbocycles. The molecule has 1 aromatic rings.